The molecule has 0 aliphatic heterocycles. The van der Waals surface area contributed by atoms with Crippen LogP contribution in [0.5, 0.6) is 0 Å². The number of amides is 1. The Hall–Kier alpha value is -3.92. The van der Waals surface area contributed by atoms with Gasteiger partial charge in [0.05, 0.1) is 29.3 Å². The first-order valence-electron chi connectivity index (χ1n) is 9.90. The molecule has 3 aromatic carbocycles. The number of imidazole rings is 1. The fourth-order valence-electron chi connectivity index (χ4n) is 3.49. The van der Waals surface area contributed by atoms with E-state index < -0.39 is 0 Å². The lowest BCUT2D eigenvalue weighted by molar-refractivity contribution is -0.116. The van der Waals surface area contributed by atoms with Crippen molar-refractivity contribution in [2.45, 2.75) is 12.5 Å². The highest BCUT2D eigenvalue weighted by molar-refractivity contribution is 6.19. The van der Waals surface area contributed by atoms with Crippen LogP contribution in [0.2, 0.25) is 0 Å². The van der Waals surface area contributed by atoms with Crippen molar-refractivity contribution in [1.82, 2.24) is 15.3 Å². The van der Waals surface area contributed by atoms with Gasteiger partial charge in [0.2, 0.25) is 0 Å². The molecule has 1 heterocycles. The van der Waals surface area contributed by atoms with Crippen molar-refractivity contribution >= 4 is 11.5 Å². The van der Waals surface area contributed by atoms with E-state index in [0.717, 1.165) is 22.4 Å². The number of hydrogen-bond acceptors (Lipinski definition) is 2. The highest BCUT2D eigenvalue weighted by atomic mass is 16.1. The third kappa shape index (κ3) is 4.39. The Balaban J connectivity index is 1.57. The Labute approximate surface area is 176 Å². The first-order valence-corrected chi connectivity index (χ1v) is 9.90. The maximum absolute atomic E-state index is 13.1. The van der Waals surface area contributed by atoms with Gasteiger partial charge in [0.15, 0.2) is 0 Å². The summed E-state index contributed by atoms with van der Waals surface area (Å²) in [5.41, 5.74) is 4.85. The number of hydrogen-bond donors (Lipinski definition) is 2. The molecular formula is C26H23N3O. The Morgan fingerprint density at radius 2 is 1.50 bits per heavy atom. The zero-order valence-electron chi connectivity index (χ0n) is 16.6. The first-order chi connectivity index (χ1) is 14.7. The monoisotopic (exact) mass is 393 g/mol. The lowest BCUT2D eigenvalue weighted by Crippen LogP contribution is -2.30. The number of carbonyl (C=O) groups is 1. The number of nitrogens with one attached hydrogen (secondary N) is 2. The van der Waals surface area contributed by atoms with Crippen LogP contribution < -0.4 is 5.32 Å². The number of aromatic nitrogens is 2. The summed E-state index contributed by atoms with van der Waals surface area (Å²) in [5, 5.41) is 3.16. The average Bonchev–Trinajstić information content (AvgIpc) is 3.30. The van der Waals surface area contributed by atoms with Crippen LogP contribution in [-0.2, 0) is 11.2 Å². The molecule has 4 rings (SSSR count). The zero-order chi connectivity index (χ0) is 20.8. The lowest BCUT2D eigenvalue weighted by atomic mass is 9.98. The molecule has 1 amide bonds. The molecule has 0 bridgehead atoms. The molecule has 4 nitrogen and oxygen atoms in total. The van der Waals surface area contributed by atoms with Crippen LogP contribution in [0.1, 0.15) is 22.9 Å². The van der Waals surface area contributed by atoms with Crippen LogP contribution in [0.3, 0.4) is 0 Å². The van der Waals surface area contributed by atoms with E-state index in [1.807, 2.05) is 78.9 Å². The van der Waals surface area contributed by atoms with Gasteiger partial charge in [0, 0.05) is 5.56 Å². The third-order valence-electron chi connectivity index (χ3n) is 5.05. The van der Waals surface area contributed by atoms with E-state index >= 15 is 0 Å². The van der Waals surface area contributed by atoms with Gasteiger partial charge in [-0.15, -0.1) is 0 Å². The average molecular weight is 393 g/mol. The van der Waals surface area contributed by atoms with Crippen molar-refractivity contribution in [3.8, 4) is 11.3 Å². The summed E-state index contributed by atoms with van der Waals surface area (Å²) in [6.07, 6.45) is 2.28. The van der Waals surface area contributed by atoms with E-state index in [0.29, 0.717) is 17.7 Å². The topological polar surface area (TPSA) is 57.8 Å². The summed E-state index contributed by atoms with van der Waals surface area (Å²) >= 11 is 0. The molecule has 0 aliphatic carbocycles. The first kappa shape index (κ1) is 19.4. The molecule has 0 spiro atoms. The summed E-state index contributed by atoms with van der Waals surface area (Å²) in [7, 11) is 0. The van der Waals surface area contributed by atoms with Gasteiger partial charge in [-0.3, -0.25) is 4.79 Å². The Kier molecular flexibility index (Phi) is 5.85. The highest BCUT2D eigenvalue weighted by Gasteiger charge is 2.21. The molecule has 4 heteroatoms. The number of rotatable bonds is 7. The molecule has 1 aromatic heterocycles. The number of aromatic amines is 1. The van der Waals surface area contributed by atoms with Gasteiger partial charge >= 0.3 is 0 Å². The van der Waals surface area contributed by atoms with Gasteiger partial charge in [0.1, 0.15) is 0 Å². The van der Waals surface area contributed by atoms with Gasteiger partial charge in [-0.05, 0) is 17.5 Å². The Bertz CT molecular complexity index is 1120. The van der Waals surface area contributed by atoms with Crippen LogP contribution in [0.25, 0.3) is 16.8 Å². The second kappa shape index (κ2) is 9.05. The highest BCUT2D eigenvalue weighted by Crippen LogP contribution is 2.26. The minimum atomic E-state index is -0.221. The maximum atomic E-state index is 13.1. The summed E-state index contributed by atoms with van der Waals surface area (Å²) in [4.78, 5) is 20.6. The molecule has 0 fully saturated rings. The predicted molar refractivity (Wildman–Crippen MR) is 121 cm³/mol. The molecule has 0 saturated heterocycles. The number of carbonyl (C=O) groups excluding carboxylic acids is 1. The standard InChI is InChI=1S/C26H23N3O/c1-19(24-25(28-18-27-24)22-15-9-4-10-16-22)26(30)29-23(21-13-7-3-8-14-21)17-20-11-5-2-6-12-20/h2-16,18,23H,1,17H2,(H,27,28)(H,29,30). The van der Waals surface area contributed by atoms with Crippen molar-refractivity contribution in [3.63, 3.8) is 0 Å². The number of nitrogens with zero attached hydrogens (tertiary/aromatic N) is 1. The van der Waals surface area contributed by atoms with Crippen LogP contribution in [0, 0.1) is 0 Å². The van der Waals surface area contributed by atoms with E-state index in [1.165, 1.54) is 0 Å². The summed E-state index contributed by atoms with van der Waals surface area (Å²) in [6, 6.07) is 29.8. The van der Waals surface area contributed by atoms with E-state index in [4.69, 9.17) is 0 Å². The van der Waals surface area contributed by atoms with E-state index in [1.54, 1.807) is 6.33 Å². The van der Waals surface area contributed by atoms with E-state index in [-0.39, 0.29) is 11.9 Å². The van der Waals surface area contributed by atoms with Crippen LogP contribution in [0.15, 0.2) is 104 Å². The smallest absolute Gasteiger partial charge is 0.253 e. The molecule has 4 aromatic rings. The number of benzene rings is 3. The van der Waals surface area contributed by atoms with Crippen molar-refractivity contribution < 1.29 is 4.79 Å². The van der Waals surface area contributed by atoms with Crippen LogP contribution in [0.4, 0.5) is 0 Å². The van der Waals surface area contributed by atoms with Crippen molar-refractivity contribution in [2.24, 2.45) is 0 Å². The van der Waals surface area contributed by atoms with Gasteiger partial charge in [-0.1, -0.05) is 97.6 Å². The molecule has 1 unspecified atom stereocenters. The zero-order valence-corrected chi connectivity index (χ0v) is 16.6. The molecule has 148 valence electrons. The predicted octanol–water partition coefficient (Wildman–Crippen LogP) is 5.19. The Morgan fingerprint density at radius 1 is 0.900 bits per heavy atom. The van der Waals surface area contributed by atoms with E-state index in [9.17, 15) is 4.79 Å². The normalized spacial score (nSPS) is 11.6. The minimum Gasteiger partial charge on any atom is -0.345 e. The summed E-state index contributed by atoms with van der Waals surface area (Å²) in [5.74, 6) is -0.221. The molecule has 0 aliphatic rings. The van der Waals surface area contributed by atoms with Crippen molar-refractivity contribution in [3.05, 3.63) is 121 Å². The van der Waals surface area contributed by atoms with Crippen LogP contribution >= 0.6 is 0 Å². The minimum absolute atomic E-state index is 0.166. The largest absolute Gasteiger partial charge is 0.345 e. The molecule has 0 radical (unpaired) electrons. The molecular weight excluding hydrogens is 370 g/mol. The summed E-state index contributed by atoms with van der Waals surface area (Å²) in [6.45, 7) is 4.05. The van der Waals surface area contributed by atoms with Gasteiger partial charge < -0.3 is 10.3 Å². The van der Waals surface area contributed by atoms with Gasteiger partial charge in [-0.25, -0.2) is 4.98 Å². The van der Waals surface area contributed by atoms with Gasteiger partial charge in [-0.2, -0.15) is 0 Å². The quantitative estimate of drug-likeness (QED) is 0.425. The Morgan fingerprint density at radius 3 is 2.17 bits per heavy atom. The fourth-order valence-corrected chi connectivity index (χ4v) is 3.49. The molecule has 30 heavy (non-hydrogen) atoms. The van der Waals surface area contributed by atoms with Crippen molar-refractivity contribution in [2.75, 3.05) is 0 Å². The lowest BCUT2D eigenvalue weighted by Gasteiger charge is -2.20. The van der Waals surface area contributed by atoms with Crippen molar-refractivity contribution in [1.29, 1.82) is 0 Å². The molecule has 1 atom stereocenters. The molecule has 0 saturated carbocycles. The van der Waals surface area contributed by atoms with Gasteiger partial charge in [0.25, 0.3) is 5.91 Å². The second-order valence-electron chi connectivity index (χ2n) is 7.10. The second-order valence-corrected chi connectivity index (χ2v) is 7.10. The van der Waals surface area contributed by atoms with E-state index in [2.05, 4.69) is 34.0 Å². The summed E-state index contributed by atoms with van der Waals surface area (Å²) < 4.78 is 0. The van der Waals surface area contributed by atoms with Crippen LogP contribution in [-0.4, -0.2) is 15.9 Å². The third-order valence-corrected chi connectivity index (χ3v) is 5.05. The SMILES string of the molecule is C=C(C(=O)NC(Cc1ccccc1)c1ccccc1)c1[nH]cnc1-c1ccccc1. The number of H-pyrrole nitrogens is 1. The maximum Gasteiger partial charge on any atom is 0.253 e. The molecule has 2 N–H and O–H groups in total. The fraction of sp³-hybridized carbons (Fsp3) is 0.0769.